The highest BCUT2D eigenvalue weighted by molar-refractivity contribution is 7.12. The van der Waals surface area contributed by atoms with Crippen LogP contribution in [0.5, 0.6) is 5.75 Å². The fourth-order valence-electron chi connectivity index (χ4n) is 2.94. The monoisotopic (exact) mass is 394 g/mol. The van der Waals surface area contributed by atoms with Gasteiger partial charge in [-0.25, -0.2) is 0 Å². The van der Waals surface area contributed by atoms with Crippen LogP contribution in [0.4, 0.5) is 5.69 Å². The molecule has 1 heterocycles. The fourth-order valence-corrected chi connectivity index (χ4v) is 3.64. The third kappa shape index (κ3) is 4.23. The molecule has 0 N–H and O–H groups in total. The molecule has 0 saturated heterocycles. The van der Waals surface area contributed by atoms with Crippen molar-refractivity contribution in [1.29, 1.82) is 0 Å². The van der Waals surface area contributed by atoms with Crippen molar-refractivity contribution >= 4 is 28.8 Å². The van der Waals surface area contributed by atoms with Crippen LogP contribution in [0.25, 0.3) is 0 Å². The van der Waals surface area contributed by atoms with Crippen LogP contribution >= 0.6 is 11.3 Å². The third-order valence-electron chi connectivity index (χ3n) is 4.43. The molecule has 0 aliphatic carbocycles. The number of carbonyl (C=O) groups excluding carboxylic acids is 2. The minimum absolute atomic E-state index is 0.134. The first-order chi connectivity index (χ1) is 13.5. The third-order valence-corrected chi connectivity index (χ3v) is 5.29. The number of anilines is 1. The van der Waals surface area contributed by atoms with Crippen LogP contribution in [-0.2, 0) is 6.54 Å². The number of methoxy groups -OCH3 is 1. The van der Waals surface area contributed by atoms with E-state index in [1.165, 1.54) is 16.2 Å². The number of rotatable bonds is 6. The maximum absolute atomic E-state index is 13.1. The molecule has 6 heteroatoms. The number of hydrogen-bond donors (Lipinski definition) is 0. The molecule has 0 unspecified atom stereocenters. The minimum atomic E-state index is -0.149. The Morgan fingerprint density at radius 2 is 1.75 bits per heavy atom. The molecule has 0 atom stereocenters. The normalized spacial score (nSPS) is 10.4. The van der Waals surface area contributed by atoms with E-state index in [9.17, 15) is 9.59 Å². The van der Waals surface area contributed by atoms with Gasteiger partial charge in [-0.3, -0.25) is 9.59 Å². The van der Waals surface area contributed by atoms with Crippen molar-refractivity contribution in [2.45, 2.75) is 6.54 Å². The van der Waals surface area contributed by atoms with Crippen molar-refractivity contribution in [2.24, 2.45) is 0 Å². The molecule has 3 aromatic rings. The lowest BCUT2D eigenvalue weighted by atomic mass is 10.1. The summed E-state index contributed by atoms with van der Waals surface area (Å²) in [5.74, 6) is 0.468. The Morgan fingerprint density at radius 3 is 2.46 bits per heavy atom. The number of para-hydroxylation sites is 1. The zero-order chi connectivity index (χ0) is 20.1. The Kier molecular flexibility index (Phi) is 6.11. The second kappa shape index (κ2) is 8.71. The average molecular weight is 394 g/mol. The predicted octanol–water partition coefficient (Wildman–Crippen LogP) is 4.31. The van der Waals surface area contributed by atoms with Crippen molar-refractivity contribution in [3.63, 3.8) is 0 Å². The van der Waals surface area contributed by atoms with Gasteiger partial charge in [-0.15, -0.1) is 11.3 Å². The minimum Gasteiger partial charge on any atom is -0.497 e. The molecular weight excluding hydrogens is 372 g/mol. The molecule has 0 aliphatic rings. The highest BCUT2D eigenvalue weighted by Gasteiger charge is 2.22. The maximum Gasteiger partial charge on any atom is 0.268 e. The lowest BCUT2D eigenvalue weighted by molar-refractivity contribution is 0.0785. The second-order valence-corrected chi connectivity index (χ2v) is 7.32. The quantitative estimate of drug-likeness (QED) is 0.626. The number of hydrogen-bond acceptors (Lipinski definition) is 4. The molecule has 144 valence electrons. The predicted molar refractivity (Wildman–Crippen MR) is 112 cm³/mol. The van der Waals surface area contributed by atoms with E-state index < -0.39 is 0 Å². The molecular formula is C22H22N2O3S. The Balaban J connectivity index is 1.82. The van der Waals surface area contributed by atoms with E-state index in [4.69, 9.17) is 4.74 Å². The summed E-state index contributed by atoms with van der Waals surface area (Å²) in [7, 11) is 5.06. The lowest BCUT2D eigenvalue weighted by Gasteiger charge is -2.23. The molecule has 0 saturated carbocycles. The van der Waals surface area contributed by atoms with E-state index >= 15 is 0 Å². The molecule has 2 aromatic carbocycles. The molecule has 0 radical (unpaired) electrons. The SMILES string of the molecule is COc1cccc(CN(C)C(=O)c2ccccc2N(C)C(=O)c2cccs2)c1. The van der Waals surface area contributed by atoms with E-state index in [0.29, 0.717) is 22.7 Å². The molecule has 3 rings (SSSR count). The van der Waals surface area contributed by atoms with Crippen LogP contribution in [0.2, 0.25) is 0 Å². The van der Waals surface area contributed by atoms with Crippen LogP contribution in [-0.4, -0.2) is 37.9 Å². The van der Waals surface area contributed by atoms with Crippen LogP contribution in [0.1, 0.15) is 25.6 Å². The largest absolute Gasteiger partial charge is 0.497 e. The summed E-state index contributed by atoms with van der Waals surface area (Å²) in [5, 5.41) is 1.86. The average Bonchev–Trinajstić information content (AvgIpc) is 3.27. The first kappa shape index (κ1) is 19.6. The summed E-state index contributed by atoms with van der Waals surface area (Å²) >= 11 is 1.38. The van der Waals surface area contributed by atoms with Crippen LogP contribution in [0.3, 0.4) is 0 Å². The van der Waals surface area contributed by atoms with Crippen molar-refractivity contribution in [2.75, 3.05) is 26.1 Å². The fraction of sp³-hybridized carbons (Fsp3) is 0.182. The number of nitrogens with zero attached hydrogens (tertiary/aromatic N) is 2. The second-order valence-electron chi connectivity index (χ2n) is 6.37. The van der Waals surface area contributed by atoms with Gasteiger partial charge in [-0.2, -0.15) is 0 Å². The summed E-state index contributed by atoms with van der Waals surface area (Å²) in [6.45, 7) is 0.437. The van der Waals surface area contributed by atoms with Gasteiger partial charge < -0.3 is 14.5 Å². The molecule has 0 fully saturated rings. The molecule has 0 bridgehead atoms. The maximum atomic E-state index is 13.1. The van der Waals surface area contributed by atoms with Gasteiger partial charge in [-0.1, -0.05) is 30.3 Å². The Bertz CT molecular complexity index is 969. The van der Waals surface area contributed by atoms with Crippen LogP contribution < -0.4 is 9.64 Å². The Morgan fingerprint density at radius 1 is 0.964 bits per heavy atom. The zero-order valence-electron chi connectivity index (χ0n) is 16.1. The van der Waals surface area contributed by atoms with Gasteiger partial charge in [0.2, 0.25) is 0 Å². The first-order valence-electron chi connectivity index (χ1n) is 8.80. The number of thiophene rings is 1. The standard InChI is InChI=1S/C22H22N2O3S/c1-23(15-16-8-6-9-17(14-16)27-3)21(25)18-10-4-5-11-19(18)24(2)22(26)20-12-7-13-28-20/h4-14H,15H2,1-3H3. The van der Waals surface area contributed by atoms with Gasteiger partial charge in [0, 0.05) is 20.6 Å². The number of ether oxygens (including phenoxy) is 1. The van der Waals surface area contributed by atoms with E-state index in [1.807, 2.05) is 41.8 Å². The zero-order valence-corrected chi connectivity index (χ0v) is 16.9. The van der Waals surface area contributed by atoms with E-state index in [1.54, 1.807) is 50.4 Å². The van der Waals surface area contributed by atoms with Gasteiger partial charge in [0.05, 0.1) is 23.2 Å². The molecule has 2 amide bonds. The van der Waals surface area contributed by atoms with Gasteiger partial charge >= 0.3 is 0 Å². The van der Waals surface area contributed by atoms with E-state index in [0.717, 1.165) is 11.3 Å². The smallest absolute Gasteiger partial charge is 0.268 e. The van der Waals surface area contributed by atoms with E-state index in [2.05, 4.69) is 0 Å². The van der Waals surface area contributed by atoms with E-state index in [-0.39, 0.29) is 11.8 Å². The molecule has 0 spiro atoms. The number of carbonyl (C=O) groups is 2. The topological polar surface area (TPSA) is 49.9 Å². The number of benzene rings is 2. The van der Waals surface area contributed by atoms with Crippen LogP contribution in [0.15, 0.2) is 66.0 Å². The van der Waals surface area contributed by atoms with Crippen LogP contribution in [0, 0.1) is 0 Å². The highest BCUT2D eigenvalue weighted by atomic mass is 32.1. The summed E-state index contributed by atoms with van der Waals surface area (Å²) in [5.41, 5.74) is 2.04. The van der Waals surface area contributed by atoms with Gasteiger partial charge in [0.1, 0.15) is 5.75 Å². The molecule has 28 heavy (non-hydrogen) atoms. The van der Waals surface area contributed by atoms with Gasteiger partial charge in [-0.05, 0) is 41.3 Å². The molecule has 0 aliphatic heterocycles. The lowest BCUT2D eigenvalue weighted by Crippen LogP contribution is -2.31. The first-order valence-corrected chi connectivity index (χ1v) is 9.68. The summed E-state index contributed by atoms with van der Waals surface area (Å²) in [6.07, 6.45) is 0. The van der Waals surface area contributed by atoms with Gasteiger partial charge in [0.15, 0.2) is 0 Å². The summed E-state index contributed by atoms with van der Waals surface area (Å²) < 4.78 is 5.25. The molecule has 5 nitrogen and oxygen atoms in total. The van der Waals surface area contributed by atoms with Crippen molar-refractivity contribution in [1.82, 2.24) is 4.90 Å². The Labute approximate surface area is 168 Å². The van der Waals surface area contributed by atoms with Crippen molar-refractivity contribution in [3.05, 3.63) is 82.0 Å². The van der Waals surface area contributed by atoms with Gasteiger partial charge in [0.25, 0.3) is 11.8 Å². The number of amides is 2. The highest BCUT2D eigenvalue weighted by Crippen LogP contribution is 2.24. The summed E-state index contributed by atoms with van der Waals surface area (Å²) in [4.78, 5) is 29.6. The molecule has 1 aromatic heterocycles. The van der Waals surface area contributed by atoms with Crippen molar-refractivity contribution < 1.29 is 14.3 Å². The Hall–Kier alpha value is -3.12. The van der Waals surface area contributed by atoms with Crippen molar-refractivity contribution in [3.8, 4) is 5.75 Å². The summed E-state index contributed by atoms with van der Waals surface area (Å²) in [6, 6.07) is 18.4.